The maximum absolute atomic E-state index is 11.7. The van der Waals surface area contributed by atoms with Crippen molar-refractivity contribution in [3.8, 4) is 0 Å². The molecule has 0 aliphatic rings. The van der Waals surface area contributed by atoms with E-state index in [0.29, 0.717) is 5.56 Å². The molecule has 0 radical (unpaired) electrons. The largest absolute Gasteiger partial charge is 0.444 e. The van der Waals surface area contributed by atoms with Crippen molar-refractivity contribution >= 4 is 23.2 Å². The lowest BCUT2D eigenvalue weighted by atomic mass is 10.2. The van der Waals surface area contributed by atoms with E-state index >= 15 is 0 Å². The highest BCUT2D eigenvalue weighted by Crippen LogP contribution is 2.23. The van der Waals surface area contributed by atoms with E-state index < -0.39 is 15.9 Å². The second-order valence-corrected chi connectivity index (χ2v) is 4.40. The average molecular weight is 317 g/mol. The summed E-state index contributed by atoms with van der Waals surface area (Å²) in [5.74, 6) is 0. The fourth-order valence-corrected chi connectivity index (χ4v) is 1.75. The summed E-state index contributed by atoms with van der Waals surface area (Å²) in [6.45, 7) is -0.121. The van der Waals surface area contributed by atoms with Gasteiger partial charge in [-0.25, -0.2) is 4.79 Å². The number of carbonyl (C=O) groups is 1. The van der Waals surface area contributed by atoms with Crippen LogP contribution in [0.5, 0.6) is 0 Å². The summed E-state index contributed by atoms with van der Waals surface area (Å²) in [4.78, 5) is 31.9. The zero-order valence-corrected chi connectivity index (χ0v) is 11.7. The number of nitro benzene ring substituents is 2. The van der Waals surface area contributed by atoms with Crippen molar-refractivity contribution in [2.75, 3.05) is 5.32 Å². The van der Waals surface area contributed by atoms with Gasteiger partial charge >= 0.3 is 6.09 Å². The SMILES string of the molecule is O=C(Nc1ccccc1[N+](=O)[O-])OCc1ccc([N+](=O)[O-])cc1. The number of ether oxygens (including phenoxy) is 1. The van der Waals surface area contributed by atoms with Crippen molar-refractivity contribution in [2.24, 2.45) is 0 Å². The lowest BCUT2D eigenvalue weighted by molar-refractivity contribution is -0.384. The number of para-hydroxylation sites is 2. The minimum absolute atomic E-state index is 0.0196. The predicted molar refractivity (Wildman–Crippen MR) is 80.0 cm³/mol. The summed E-state index contributed by atoms with van der Waals surface area (Å²) >= 11 is 0. The Balaban J connectivity index is 1.95. The van der Waals surface area contributed by atoms with E-state index in [0.717, 1.165) is 0 Å². The van der Waals surface area contributed by atoms with Crippen LogP contribution in [0, 0.1) is 20.2 Å². The predicted octanol–water partition coefficient (Wildman–Crippen LogP) is 3.25. The van der Waals surface area contributed by atoms with Gasteiger partial charge in [0.1, 0.15) is 12.3 Å². The molecule has 2 aromatic carbocycles. The molecule has 0 atom stereocenters. The molecular formula is C14H11N3O6. The molecule has 1 amide bonds. The summed E-state index contributed by atoms with van der Waals surface area (Å²) in [5, 5.41) is 23.6. The molecule has 0 spiro atoms. The van der Waals surface area contributed by atoms with Crippen LogP contribution in [0.25, 0.3) is 0 Å². The average Bonchev–Trinajstić information content (AvgIpc) is 2.53. The van der Waals surface area contributed by atoms with Crippen LogP contribution in [0.1, 0.15) is 5.56 Å². The minimum atomic E-state index is -0.863. The van der Waals surface area contributed by atoms with Crippen molar-refractivity contribution in [1.82, 2.24) is 0 Å². The minimum Gasteiger partial charge on any atom is -0.444 e. The molecule has 2 rings (SSSR count). The van der Waals surface area contributed by atoms with Crippen LogP contribution in [0.4, 0.5) is 21.9 Å². The van der Waals surface area contributed by atoms with Crippen molar-refractivity contribution in [3.05, 3.63) is 74.3 Å². The maximum Gasteiger partial charge on any atom is 0.412 e. The first-order valence-electron chi connectivity index (χ1n) is 6.38. The quantitative estimate of drug-likeness (QED) is 0.666. The van der Waals surface area contributed by atoms with E-state index in [-0.39, 0.29) is 23.7 Å². The Morgan fingerprint density at radius 2 is 1.65 bits per heavy atom. The molecule has 0 saturated carbocycles. The molecular weight excluding hydrogens is 306 g/mol. The molecule has 2 aromatic rings. The van der Waals surface area contributed by atoms with Crippen LogP contribution in [0.15, 0.2) is 48.5 Å². The van der Waals surface area contributed by atoms with E-state index in [2.05, 4.69) is 5.32 Å². The molecule has 0 aliphatic carbocycles. The zero-order valence-electron chi connectivity index (χ0n) is 11.7. The number of hydrogen-bond donors (Lipinski definition) is 1. The summed E-state index contributed by atoms with van der Waals surface area (Å²) in [6, 6.07) is 11.1. The number of anilines is 1. The number of nitrogens with zero attached hydrogens (tertiary/aromatic N) is 2. The van der Waals surface area contributed by atoms with Crippen LogP contribution in [0.3, 0.4) is 0 Å². The molecule has 0 aromatic heterocycles. The van der Waals surface area contributed by atoms with Gasteiger partial charge in [-0.15, -0.1) is 0 Å². The van der Waals surface area contributed by atoms with Gasteiger partial charge in [0, 0.05) is 18.2 Å². The second kappa shape index (κ2) is 6.98. The maximum atomic E-state index is 11.7. The molecule has 1 N–H and O–H groups in total. The third-order valence-electron chi connectivity index (χ3n) is 2.85. The second-order valence-electron chi connectivity index (χ2n) is 4.40. The Labute approximate surface area is 129 Å². The molecule has 0 fully saturated rings. The van der Waals surface area contributed by atoms with Crippen LogP contribution in [-0.2, 0) is 11.3 Å². The van der Waals surface area contributed by atoms with Crippen molar-refractivity contribution < 1.29 is 19.4 Å². The number of non-ortho nitro benzene ring substituents is 1. The molecule has 0 saturated heterocycles. The van der Waals surface area contributed by atoms with Gasteiger partial charge in [-0.2, -0.15) is 0 Å². The van der Waals surface area contributed by atoms with Gasteiger partial charge in [-0.1, -0.05) is 12.1 Å². The Hall–Kier alpha value is -3.49. The van der Waals surface area contributed by atoms with Gasteiger partial charge in [0.15, 0.2) is 0 Å². The van der Waals surface area contributed by atoms with Crippen LogP contribution >= 0.6 is 0 Å². The van der Waals surface area contributed by atoms with Crippen molar-refractivity contribution in [2.45, 2.75) is 6.61 Å². The number of nitrogens with one attached hydrogen (secondary N) is 1. The van der Waals surface area contributed by atoms with E-state index in [1.54, 1.807) is 6.07 Å². The molecule has 118 valence electrons. The van der Waals surface area contributed by atoms with Gasteiger partial charge in [0.2, 0.25) is 0 Å². The Kier molecular flexibility index (Phi) is 4.82. The fraction of sp³-hybridized carbons (Fsp3) is 0.0714. The standard InChI is InChI=1S/C14H11N3O6/c18-14(15-12-3-1-2-4-13(12)17(21)22)23-9-10-5-7-11(8-6-10)16(19)20/h1-8H,9H2,(H,15,18). The van der Waals surface area contributed by atoms with Crippen molar-refractivity contribution in [1.29, 1.82) is 0 Å². The van der Waals surface area contributed by atoms with Crippen LogP contribution in [-0.4, -0.2) is 15.9 Å². The Morgan fingerprint density at radius 3 is 2.26 bits per heavy atom. The first-order chi connectivity index (χ1) is 11.0. The molecule has 0 unspecified atom stereocenters. The summed E-state index contributed by atoms with van der Waals surface area (Å²) < 4.78 is 4.92. The molecule has 23 heavy (non-hydrogen) atoms. The van der Waals surface area contributed by atoms with E-state index in [1.165, 1.54) is 42.5 Å². The van der Waals surface area contributed by atoms with Gasteiger partial charge in [-0.05, 0) is 23.8 Å². The van der Waals surface area contributed by atoms with E-state index in [9.17, 15) is 25.0 Å². The Bertz CT molecular complexity index is 744. The van der Waals surface area contributed by atoms with Crippen LogP contribution < -0.4 is 5.32 Å². The molecule has 0 bridgehead atoms. The van der Waals surface area contributed by atoms with Crippen molar-refractivity contribution in [3.63, 3.8) is 0 Å². The van der Waals surface area contributed by atoms with E-state index in [4.69, 9.17) is 4.74 Å². The number of benzene rings is 2. The van der Waals surface area contributed by atoms with Gasteiger partial charge in [0.25, 0.3) is 11.4 Å². The van der Waals surface area contributed by atoms with Gasteiger partial charge in [-0.3, -0.25) is 25.5 Å². The normalized spacial score (nSPS) is 9.91. The topological polar surface area (TPSA) is 125 Å². The smallest absolute Gasteiger partial charge is 0.412 e. The van der Waals surface area contributed by atoms with E-state index in [1.807, 2.05) is 0 Å². The molecule has 0 aliphatic heterocycles. The highest BCUT2D eigenvalue weighted by Gasteiger charge is 2.15. The summed E-state index contributed by atoms with van der Waals surface area (Å²) in [6.07, 6.45) is -0.863. The third-order valence-corrected chi connectivity index (χ3v) is 2.85. The summed E-state index contributed by atoms with van der Waals surface area (Å²) in [7, 11) is 0. The lowest BCUT2D eigenvalue weighted by Crippen LogP contribution is -2.14. The van der Waals surface area contributed by atoms with Gasteiger partial charge in [0.05, 0.1) is 9.85 Å². The number of carbonyl (C=O) groups excluding carboxylic acids is 1. The van der Waals surface area contributed by atoms with Crippen LogP contribution in [0.2, 0.25) is 0 Å². The zero-order chi connectivity index (χ0) is 16.8. The Morgan fingerprint density at radius 1 is 1.00 bits per heavy atom. The number of amides is 1. The monoisotopic (exact) mass is 317 g/mol. The third kappa shape index (κ3) is 4.24. The van der Waals surface area contributed by atoms with Gasteiger partial charge < -0.3 is 4.74 Å². The molecule has 0 heterocycles. The highest BCUT2D eigenvalue weighted by molar-refractivity contribution is 5.87. The molecule has 9 heteroatoms. The first-order valence-corrected chi connectivity index (χ1v) is 6.38. The molecule has 9 nitrogen and oxygen atoms in total. The highest BCUT2D eigenvalue weighted by atomic mass is 16.6. The number of nitro groups is 2. The summed E-state index contributed by atoms with van der Waals surface area (Å²) in [5.41, 5.74) is 0.248. The lowest BCUT2D eigenvalue weighted by Gasteiger charge is -2.07. The first kappa shape index (κ1) is 15.9. The number of hydrogen-bond acceptors (Lipinski definition) is 6. The number of rotatable bonds is 5. The fourth-order valence-electron chi connectivity index (χ4n) is 1.75.